The maximum absolute atomic E-state index is 12.4. The molecule has 2 aromatic rings. The van der Waals surface area contributed by atoms with Crippen LogP contribution < -0.4 is 10.0 Å². The molecule has 5 nitrogen and oxygen atoms in total. The van der Waals surface area contributed by atoms with Crippen molar-refractivity contribution in [1.82, 2.24) is 0 Å². The molecule has 0 fully saturated rings. The van der Waals surface area contributed by atoms with Gasteiger partial charge in [0.1, 0.15) is 0 Å². The molecule has 1 heterocycles. The summed E-state index contributed by atoms with van der Waals surface area (Å²) in [5.74, 6) is -0.0122. The summed E-state index contributed by atoms with van der Waals surface area (Å²) < 4.78 is 27.5. The zero-order valence-electron chi connectivity index (χ0n) is 12.8. The second kappa shape index (κ2) is 6.04. The molecular weight excluding hydrogens is 312 g/mol. The maximum atomic E-state index is 12.4. The van der Waals surface area contributed by atoms with Gasteiger partial charge in [-0.3, -0.25) is 9.52 Å². The van der Waals surface area contributed by atoms with Gasteiger partial charge in [-0.05, 0) is 54.3 Å². The minimum Gasteiger partial charge on any atom is -0.326 e. The van der Waals surface area contributed by atoms with Crippen molar-refractivity contribution in [3.8, 4) is 0 Å². The van der Waals surface area contributed by atoms with Crippen molar-refractivity contribution in [1.29, 1.82) is 0 Å². The summed E-state index contributed by atoms with van der Waals surface area (Å²) >= 11 is 0. The molecule has 1 aliphatic heterocycles. The van der Waals surface area contributed by atoms with E-state index in [1.54, 1.807) is 30.3 Å². The molecule has 0 radical (unpaired) electrons. The van der Waals surface area contributed by atoms with Crippen molar-refractivity contribution in [2.75, 3.05) is 10.0 Å². The van der Waals surface area contributed by atoms with Crippen LogP contribution in [0.5, 0.6) is 0 Å². The summed E-state index contributed by atoms with van der Waals surface area (Å²) in [7, 11) is -3.61. The van der Waals surface area contributed by atoms with Gasteiger partial charge >= 0.3 is 0 Å². The Labute approximate surface area is 135 Å². The largest absolute Gasteiger partial charge is 0.326 e. The van der Waals surface area contributed by atoms with Gasteiger partial charge in [-0.25, -0.2) is 8.42 Å². The molecule has 23 heavy (non-hydrogen) atoms. The van der Waals surface area contributed by atoms with E-state index < -0.39 is 10.0 Å². The van der Waals surface area contributed by atoms with Crippen LogP contribution in [0.1, 0.15) is 24.5 Å². The van der Waals surface area contributed by atoms with E-state index >= 15 is 0 Å². The molecule has 0 spiro atoms. The molecule has 0 aliphatic carbocycles. The van der Waals surface area contributed by atoms with E-state index in [1.807, 2.05) is 19.1 Å². The summed E-state index contributed by atoms with van der Waals surface area (Å²) in [5.41, 5.74) is 3.27. The molecule has 3 rings (SSSR count). The third-order valence-electron chi connectivity index (χ3n) is 3.89. The number of rotatable bonds is 4. The van der Waals surface area contributed by atoms with Crippen molar-refractivity contribution >= 4 is 27.3 Å². The first-order chi connectivity index (χ1) is 11.0. The highest BCUT2D eigenvalue weighted by Gasteiger charge is 2.18. The number of carbonyl (C=O) groups excluding carboxylic acids is 1. The number of sulfonamides is 1. The average molecular weight is 330 g/mol. The fraction of sp³-hybridized carbons (Fsp3) is 0.235. The zero-order chi connectivity index (χ0) is 16.4. The number of anilines is 2. The Kier molecular flexibility index (Phi) is 4.09. The van der Waals surface area contributed by atoms with E-state index in [1.165, 1.54) is 0 Å². The lowest BCUT2D eigenvalue weighted by molar-refractivity contribution is -0.116. The van der Waals surface area contributed by atoms with Crippen LogP contribution in [-0.2, 0) is 27.7 Å². The van der Waals surface area contributed by atoms with Crippen LogP contribution in [0.15, 0.2) is 47.4 Å². The van der Waals surface area contributed by atoms with Gasteiger partial charge in [0.05, 0.1) is 4.90 Å². The highest BCUT2D eigenvalue weighted by Crippen LogP contribution is 2.27. The van der Waals surface area contributed by atoms with Crippen molar-refractivity contribution < 1.29 is 13.2 Å². The van der Waals surface area contributed by atoms with Crippen LogP contribution in [0, 0.1) is 0 Å². The molecule has 2 aromatic carbocycles. The maximum Gasteiger partial charge on any atom is 0.261 e. The Hall–Kier alpha value is -2.34. The standard InChI is InChI=1S/C17H18N2O3S/c1-2-12-3-7-15(8-4-12)23(21,22)19-14-6-9-16-13(11-14)5-10-17(20)18-16/h3-4,6-9,11,19H,2,5,10H2,1H3,(H,18,20). The second-order valence-electron chi connectivity index (χ2n) is 5.52. The Morgan fingerprint density at radius 2 is 1.83 bits per heavy atom. The highest BCUT2D eigenvalue weighted by molar-refractivity contribution is 7.92. The first kappa shape index (κ1) is 15.6. The molecule has 2 N–H and O–H groups in total. The van der Waals surface area contributed by atoms with Gasteiger partial charge in [-0.1, -0.05) is 19.1 Å². The third kappa shape index (κ3) is 3.37. The normalized spacial score (nSPS) is 14.0. The molecule has 0 bridgehead atoms. The SMILES string of the molecule is CCc1ccc(S(=O)(=O)Nc2ccc3c(c2)CCC(=O)N3)cc1. The fourth-order valence-electron chi connectivity index (χ4n) is 2.57. The first-order valence-electron chi connectivity index (χ1n) is 7.52. The van der Waals surface area contributed by atoms with E-state index in [0.29, 0.717) is 18.5 Å². The van der Waals surface area contributed by atoms with Crippen molar-refractivity contribution in [2.45, 2.75) is 31.1 Å². The number of hydrogen-bond donors (Lipinski definition) is 2. The highest BCUT2D eigenvalue weighted by atomic mass is 32.2. The van der Waals surface area contributed by atoms with Crippen LogP contribution in [0.25, 0.3) is 0 Å². The number of fused-ring (bicyclic) bond motifs is 1. The van der Waals surface area contributed by atoms with Gasteiger partial charge in [0, 0.05) is 17.8 Å². The molecule has 0 atom stereocenters. The second-order valence-corrected chi connectivity index (χ2v) is 7.21. The number of aryl methyl sites for hydroxylation is 2. The Balaban J connectivity index is 1.84. The van der Waals surface area contributed by atoms with Crippen molar-refractivity contribution in [2.24, 2.45) is 0 Å². The van der Waals surface area contributed by atoms with Gasteiger partial charge in [0.2, 0.25) is 5.91 Å². The van der Waals surface area contributed by atoms with Crippen LogP contribution >= 0.6 is 0 Å². The van der Waals surface area contributed by atoms with Gasteiger partial charge in [-0.2, -0.15) is 0 Å². The van der Waals surface area contributed by atoms with Crippen LogP contribution in [0.3, 0.4) is 0 Å². The molecule has 0 saturated carbocycles. The summed E-state index contributed by atoms with van der Waals surface area (Å²) in [6.07, 6.45) is 1.90. The molecular formula is C17H18N2O3S. The number of benzene rings is 2. The van der Waals surface area contributed by atoms with Crippen LogP contribution in [0.2, 0.25) is 0 Å². The lowest BCUT2D eigenvalue weighted by atomic mass is 10.0. The minimum atomic E-state index is -3.61. The summed E-state index contributed by atoms with van der Waals surface area (Å²) in [4.78, 5) is 11.6. The third-order valence-corrected chi connectivity index (χ3v) is 5.29. The average Bonchev–Trinajstić information content (AvgIpc) is 2.55. The molecule has 1 aliphatic rings. The first-order valence-corrected chi connectivity index (χ1v) is 9.01. The number of hydrogen-bond acceptors (Lipinski definition) is 3. The predicted octanol–water partition coefficient (Wildman–Crippen LogP) is 2.93. The minimum absolute atomic E-state index is 0.0122. The fourth-order valence-corrected chi connectivity index (χ4v) is 3.61. The predicted molar refractivity (Wildman–Crippen MR) is 90.0 cm³/mol. The quantitative estimate of drug-likeness (QED) is 0.905. The number of carbonyl (C=O) groups is 1. The molecule has 120 valence electrons. The Bertz CT molecular complexity index is 843. The Morgan fingerprint density at radius 3 is 2.52 bits per heavy atom. The molecule has 6 heteroatoms. The van der Waals surface area contributed by atoms with Crippen LogP contribution in [-0.4, -0.2) is 14.3 Å². The van der Waals surface area contributed by atoms with E-state index in [-0.39, 0.29) is 10.8 Å². The van der Waals surface area contributed by atoms with Gasteiger partial charge in [0.15, 0.2) is 0 Å². The summed E-state index contributed by atoms with van der Waals surface area (Å²) in [6, 6.07) is 12.0. The molecule has 1 amide bonds. The van der Waals surface area contributed by atoms with Crippen molar-refractivity contribution in [3.63, 3.8) is 0 Å². The summed E-state index contributed by atoms with van der Waals surface area (Å²) in [5, 5.41) is 2.78. The van der Waals surface area contributed by atoms with Crippen molar-refractivity contribution in [3.05, 3.63) is 53.6 Å². The van der Waals surface area contributed by atoms with Crippen LogP contribution in [0.4, 0.5) is 11.4 Å². The van der Waals surface area contributed by atoms with Gasteiger partial charge in [-0.15, -0.1) is 0 Å². The number of nitrogens with one attached hydrogen (secondary N) is 2. The van der Waals surface area contributed by atoms with Gasteiger partial charge in [0.25, 0.3) is 10.0 Å². The van der Waals surface area contributed by atoms with E-state index in [2.05, 4.69) is 10.0 Å². The summed E-state index contributed by atoms with van der Waals surface area (Å²) in [6.45, 7) is 2.02. The lowest BCUT2D eigenvalue weighted by Gasteiger charge is -2.18. The van der Waals surface area contributed by atoms with E-state index in [0.717, 1.165) is 23.2 Å². The van der Waals surface area contributed by atoms with E-state index in [9.17, 15) is 13.2 Å². The zero-order valence-corrected chi connectivity index (χ0v) is 13.6. The molecule has 0 saturated heterocycles. The van der Waals surface area contributed by atoms with E-state index in [4.69, 9.17) is 0 Å². The monoisotopic (exact) mass is 330 g/mol. The Morgan fingerprint density at radius 1 is 1.09 bits per heavy atom. The lowest BCUT2D eigenvalue weighted by Crippen LogP contribution is -2.19. The topological polar surface area (TPSA) is 75.3 Å². The van der Waals surface area contributed by atoms with Gasteiger partial charge < -0.3 is 5.32 Å². The number of amides is 1. The molecule has 0 aromatic heterocycles. The molecule has 0 unspecified atom stereocenters. The smallest absolute Gasteiger partial charge is 0.261 e.